The molecule has 1 aliphatic rings. The molecule has 4 heteroatoms. The van der Waals surface area contributed by atoms with Gasteiger partial charge in [-0.15, -0.1) is 0 Å². The molecule has 0 atom stereocenters. The molecule has 4 nitrogen and oxygen atoms in total. The third kappa shape index (κ3) is 1.70. The molecule has 17 heavy (non-hydrogen) atoms. The summed E-state index contributed by atoms with van der Waals surface area (Å²) in [6.07, 6.45) is 3.53. The fourth-order valence-corrected chi connectivity index (χ4v) is 2.06. The molecule has 1 saturated carbocycles. The van der Waals surface area contributed by atoms with Crippen LogP contribution < -0.4 is 5.32 Å². The van der Waals surface area contributed by atoms with E-state index in [-0.39, 0.29) is 18.1 Å². The fraction of sp³-hybridized carbons (Fsp3) is 0.308. The number of H-pyrrole nitrogens is 1. The van der Waals surface area contributed by atoms with Crippen molar-refractivity contribution in [1.29, 1.82) is 0 Å². The smallest absolute Gasteiger partial charge is 0.253 e. The maximum absolute atomic E-state index is 12.1. The maximum atomic E-state index is 12.1. The number of rotatable bonds is 3. The van der Waals surface area contributed by atoms with Gasteiger partial charge in [0.2, 0.25) is 0 Å². The van der Waals surface area contributed by atoms with E-state index in [1.54, 1.807) is 6.07 Å². The van der Waals surface area contributed by atoms with Gasteiger partial charge in [0, 0.05) is 11.6 Å². The zero-order chi connectivity index (χ0) is 11.9. The second-order valence-corrected chi connectivity index (χ2v) is 4.64. The van der Waals surface area contributed by atoms with Gasteiger partial charge in [-0.05, 0) is 25.0 Å². The van der Waals surface area contributed by atoms with Crippen LogP contribution >= 0.6 is 0 Å². The van der Waals surface area contributed by atoms with Crippen LogP contribution in [0.2, 0.25) is 0 Å². The second kappa shape index (κ2) is 3.60. The molecule has 0 aliphatic heterocycles. The van der Waals surface area contributed by atoms with Crippen molar-refractivity contribution in [3.8, 4) is 0 Å². The van der Waals surface area contributed by atoms with Crippen molar-refractivity contribution in [2.24, 2.45) is 0 Å². The fourth-order valence-electron chi connectivity index (χ4n) is 2.06. The number of hydrogen-bond acceptors (Lipinski definition) is 2. The highest BCUT2D eigenvalue weighted by Crippen LogP contribution is 2.35. The zero-order valence-corrected chi connectivity index (χ0v) is 9.36. The van der Waals surface area contributed by atoms with Gasteiger partial charge in [0.15, 0.2) is 0 Å². The van der Waals surface area contributed by atoms with E-state index in [1.165, 1.54) is 0 Å². The van der Waals surface area contributed by atoms with Crippen molar-refractivity contribution in [3.05, 3.63) is 36.0 Å². The van der Waals surface area contributed by atoms with E-state index in [0.29, 0.717) is 5.56 Å². The quantitative estimate of drug-likeness (QED) is 0.746. The Morgan fingerprint density at radius 1 is 1.41 bits per heavy atom. The summed E-state index contributed by atoms with van der Waals surface area (Å²) < 4.78 is 0. The minimum atomic E-state index is -0.369. The first-order valence-corrected chi connectivity index (χ1v) is 5.74. The van der Waals surface area contributed by atoms with Crippen LogP contribution in [-0.4, -0.2) is 28.1 Å². The van der Waals surface area contributed by atoms with Gasteiger partial charge in [-0.3, -0.25) is 4.79 Å². The van der Waals surface area contributed by atoms with Crippen molar-refractivity contribution in [3.63, 3.8) is 0 Å². The summed E-state index contributed by atoms with van der Waals surface area (Å²) in [5, 5.41) is 13.1. The maximum Gasteiger partial charge on any atom is 0.253 e. The SMILES string of the molecule is O=C(NC1(CO)CC1)c1cccc2cc[nH]c12. The number of nitrogens with one attached hydrogen (secondary N) is 2. The monoisotopic (exact) mass is 230 g/mol. The second-order valence-electron chi connectivity index (χ2n) is 4.64. The lowest BCUT2D eigenvalue weighted by Crippen LogP contribution is -2.39. The van der Waals surface area contributed by atoms with Crippen LogP contribution in [0, 0.1) is 0 Å². The summed E-state index contributed by atoms with van der Waals surface area (Å²) in [7, 11) is 0. The van der Waals surface area contributed by atoms with Crippen molar-refractivity contribution in [1.82, 2.24) is 10.3 Å². The molecule has 1 fully saturated rings. The van der Waals surface area contributed by atoms with E-state index in [9.17, 15) is 9.90 Å². The van der Waals surface area contributed by atoms with Crippen molar-refractivity contribution in [2.45, 2.75) is 18.4 Å². The van der Waals surface area contributed by atoms with Crippen molar-refractivity contribution >= 4 is 16.8 Å². The number of aromatic nitrogens is 1. The number of fused-ring (bicyclic) bond motifs is 1. The van der Waals surface area contributed by atoms with Crippen LogP contribution in [0.25, 0.3) is 10.9 Å². The average molecular weight is 230 g/mol. The standard InChI is InChI=1S/C13H14N2O2/c16-8-13(5-6-13)15-12(17)10-3-1-2-9-4-7-14-11(9)10/h1-4,7,14,16H,5-6,8H2,(H,15,17). The Balaban J connectivity index is 1.93. The molecule has 0 saturated heterocycles. The van der Waals surface area contributed by atoms with E-state index in [2.05, 4.69) is 10.3 Å². The molecule has 1 aromatic carbocycles. The highest BCUT2D eigenvalue weighted by molar-refractivity contribution is 6.06. The number of carbonyl (C=O) groups excluding carboxylic acids is 1. The Labute approximate surface area is 98.6 Å². The lowest BCUT2D eigenvalue weighted by molar-refractivity contribution is 0.0908. The summed E-state index contributed by atoms with van der Waals surface area (Å²) in [6, 6.07) is 7.55. The third-order valence-corrected chi connectivity index (χ3v) is 3.37. The molecule has 0 spiro atoms. The van der Waals surface area contributed by atoms with Gasteiger partial charge in [-0.2, -0.15) is 0 Å². The Bertz CT molecular complexity index is 570. The Morgan fingerprint density at radius 3 is 2.94 bits per heavy atom. The highest BCUT2D eigenvalue weighted by atomic mass is 16.3. The first-order valence-electron chi connectivity index (χ1n) is 5.74. The van der Waals surface area contributed by atoms with Gasteiger partial charge < -0.3 is 15.4 Å². The Morgan fingerprint density at radius 2 is 2.24 bits per heavy atom. The normalized spacial score (nSPS) is 17.0. The minimum absolute atomic E-state index is 0.0133. The first-order chi connectivity index (χ1) is 8.24. The molecule has 1 amide bonds. The number of para-hydroxylation sites is 1. The Hall–Kier alpha value is -1.81. The molecule has 3 N–H and O–H groups in total. The molecule has 3 rings (SSSR count). The number of amides is 1. The van der Waals surface area contributed by atoms with Gasteiger partial charge in [0.1, 0.15) is 0 Å². The third-order valence-electron chi connectivity index (χ3n) is 3.37. The molecule has 1 aromatic heterocycles. The number of hydrogen-bond donors (Lipinski definition) is 3. The van der Waals surface area contributed by atoms with Crippen LogP contribution in [0.4, 0.5) is 0 Å². The summed E-state index contributed by atoms with van der Waals surface area (Å²) >= 11 is 0. The lowest BCUT2D eigenvalue weighted by atomic mass is 10.1. The molecule has 0 unspecified atom stereocenters. The lowest BCUT2D eigenvalue weighted by Gasteiger charge is -2.14. The summed E-state index contributed by atoms with van der Waals surface area (Å²) in [4.78, 5) is 15.2. The molecule has 1 heterocycles. The van der Waals surface area contributed by atoms with E-state index in [1.807, 2.05) is 24.4 Å². The van der Waals surface area contributed by atoms with Crippen LogP contribution in [0.15, 0.2) is 30.5 Å². The first kappa shape index (κ1) is 10.4. The number of aliphatic hydroxyl groups excluding tert-OH is 1. The molecule has 1 aliphatic carbocycles. The van der Waals surface area contributed by atoms with E-state index >= 15 is 0 Å². The Kier molecular flexibility index (Phi) is 2.19. The number of aromatic amines is 1. The summed E-state index contributed by atoms with van der Waals surface area (Å²) in [6.45, 7) is 0.0133. The van der Waals surface area contributed by atoms with Crippen molar-refractivity contribution < 1.29 is 9.90 Å². The molecule has 0 bridgehead atoms. The number of carbonyl (C=O) groups is 1. The minimum Gasteiger partial charge on any atom is -0.394 e. The van der Waals surface area contributed by atoms with Crippen LogP contribution in [0.3, 0.4) is 0 Å². The molecule has 88 valence electrons. The zero-order valence-electron chi connectivity index (χ0n) is 9.36. The van der Waals surface area contributed by atoms with Crippen molar-refractivity contribution in [2.75, 3.05) is 6.61 Å². The number of aliphatic hydroxyl groups is 1. The van der Waals surface area contributed by atoms with Gasteiger partial charge in [0.05, 0.1) is 23.2 Å². The van der Waals surface area contributed by atoms with E-state index in [4.69, 9.17) is 0 Å². The predicted molar refractivity (Wildman–Crippen MR) is 64.8 cm³/mol. The highest BCUT2D eigenvalue weighted by Gasteiger charge is 2.43. The predicted octanol–water partition coefficient (Wildman–Crippen LogP) is 1.42. The largest absolute Gasteiger partial charge is 0.394 e. The molecule has 0 radical (unpaired) electrons. The summed E-state index contributed by atoms with van der Waals surface area (Å²) in [5.74, 6) is -0.121. The average Bonchev–Trinajstić information content (AvgIpc) is 2.95. The molecular weight excluding hydrogens is 216 g/mol. The van der Waals surface area contributed by atoms with Gasteiger partial charge in [0.25, 0.3) is 5.91 Å². The van der Waals surface area contributed by atoms with E-state index in [0.717, 1.165) is 23.7 Å². The molecular formula is C13H14N2O2. The van der Waals surface area contributed by atoms with E-state index < -0.39 is 0 Å². The summed E-state index contributed by atoms with van der Waals surface area (Å²) in [5.41, 5.74) is 1.11. The van der Waals surface area contributed by atoms with Gasteiger partial charge in [-0.25, -0.2) is 0 Å². The van der Waals surface area contributed by atoms with Gasteiger partial charge in [-0.1, -0.05) is 12.1 Å². The molecule has 2 aromatic rings. The van der Waals surface area contributed by atoms with Crippen LogP contribution in [-0.2, 0) is 0 Å². The van der Waals surface area contributed by atoms with Crippen LogP contribution in [0.1, 0.15) is 23.2 Å². The van der Waals surface area contributed by atoms with Crippen LogP contribution in [0.5, 0.6) is 0 Å². The number of benzene rings is 1. The van der Waals surface area contributed by atoms with Gasteiger partial charge >= 0.3 is 0 Å². The topological polar surface area (TPSA) is 65.1 Å².